The summed E-state index contributed by atoms with van der Waals surface area (Å²) in [6, 6.07) is 24.1. The third kappa shape index (κ3) is 2.94. The second kappa shape index (κ2) is 6.64. The van der Waals surface area contributed by atoms with E-state index in [9.17, 15) is 4.79 Å². The lowest BCUT2D eigenvalue weighted by atomic mass is 9.85. The van der Waals surface area contributed by atoms with Crippen LogP contribution in [0, 0.1) is 12.8 Å². The number of carbonyl (C=O) groups is 1. The minimum atomic E-state index is -0.274. The number of aryl methyl sites for hydroxylation is 1. The normalized spacial score (nSPS) is 18.0. The Labute approximate surface area is 152 Å². The smallest absolute Gasteiger partial charge is 0.244 e. The molecule has 0 bridgehead atoms. The summed E-state index contributed by atoms with van der Waals surface area (Å²) in [7, 11) is 0. The van der Waals surface area contributed by atoms with Gasteiger partial charge in [-0.3, -0.25) is 4.79 Å². The predicted molar refractivity (Wildman–Crippen MR) is 101 cm³/mol. The van der Waals surface area contributed by atoms with E-state index in [0.717, 1.165) is 23.3 Å². The van der Waals surface area contributed by atoms with Crippen molar-refractivity contribution in [2.45, 2.75) is 18.8 Å². The van der Waals surface area contributed by atoms with Crippen LogP contribution in [0.25, 0.3) is 0 Å². The summed E-state index contributed by atoms with van der Waals surface area (Å²) in [5, 5.41) is 4.05. The van der Waals surface area contributed by atoms with E-state index in [2.05, 4.69) is 34.8 Å². The SMILES string of the molecule is Cc1ccc(/C=N\NC(=O)[C@H]2CC2(c2ccccc2)c2ccccc2)o1. The molecule has 0 unspecified atom stereocenters. The quantitative estimate of drug-likeness (QED) is 0.561. The van der Waals surface area contributed by atoms with Crippen LogP contribution in [0.2, 0.25) is 0 Å². The van der Waals surface area contributed by atoms with Crippen LogP contribution in [0.5, 0.6) is 0 Å². The number of hydrogen-bond acceptors (Lipinski definition) is 3. The lowest BCUT2D eigenvalue weighted by Gasteiger charge is -2.18. The maximum atomic E-state index is 12.7. The molecule has 1 aliphatic carbocycles. The third-order valence-electron chi connectivity index (χ3n) is 4.98. The average molecular weight is 344 g/mol. The first-order chi connectivity index (χ1) is 12.7. The number of nitrogens with zero attached hydrogens (tertiary/aromatic N) is 1. The molecule has 1 saturated carbocycles. The summed E-state index contributed by atoms with van der Waals surface area (Å²) in [6.45, 7) is 1.87. The van der Waals surface area contributed by atoms with Crippen LogP contribution in [0.1, 0.15) is 29.1 Å². The Hall–Kier alpha value is -3.14. The topological polar surface area (TPSA) is 54.6 Å². The molecule has 1 fully saturated rings. The molecule has 4 rings (SSSR count). The van der Waals surface area contributed by atoms with Crippen molar-refractivity contribution in [2.24, 2.45) is 11.0 Å². The van der Waals surface area contributed by atoms with Crippen molar-refractivity contribution in [2.75, 3.05) is 0 Å². The Morgan fingerprint density at radius 1 is 1.04 bits per heavy atom. The zero-order valence-corrected chi connectivity index (χ0v) is 14.6. The first-order valence-electron chi connectivity index (χ1n) is 8.70. The van der Waals surface area contributed by atoms with Crippen LogP contribution < -0.4 is 5.43 Å². The molecule has 0 saturated heterocycles. The van der Waals surface area contributed by atoms with Crippen molar-refractivity contribution >= 4 is 12.1 Å². The molecule has 1 amide bonds. The highest BCUT2D eigenvalue weighted by Crippen LogP contribution is 2.58. The fraction of sp³-hybridized carbons (Fsp3) is 0.182. The maximum Gasteiger partial charge on any atom is 0.244 e. The number of hydrogen-bond donors (Lipinski definition) is 1. The van der Waals surface area contributed by atoms with Gasteiger partial charge in [0, 0.05) is 5.41 Å². The van der Waals surface area contributed by atoms with Crippen LogP contribution in [0.3, 0.4) is 0 Å². The van der Waals surface area contributed by atoms with Crippen molar-refractivity contribution in [3.8, 4) is 0 Å². The fourth-order valence-corrected chi connectivity index (χ4v) is 3.62. The van der Waals surface area contributed by atoms with Crippen LogP contribution in [0.15, 0.2) is 82.3 Å². The largest absolute Gasteiger partial charge is 0.460 e. The summed E-state index contributed by atoms with van der Waals surface area (Å²) in [6.07, 6.45) is 2.31. The number of hydrazone groups is 1. The van der Waals surface area contributed by atoms with Crippen LogP contribution in [0.4, 0.5) is 0 Å². The Bertz CT molecular complexity index is 890. The molecule has 0 spiro atoms. The number of benzene rings is 2. The second-order valence-corrected chi connectivity index (χ2v) is 6.64. The Balaban J connectivity index is 1.55. The van der Waals surface area contributed by atoms with E-state index in [1.165, 1.54) is 6.21 Å². The van der Waals surface area contributed by atoms with E-state index in [4.69, 9.17) is 4.42 Å². The first kappa shape index (κ1) is 16.3. The average Bonchev–Trinajstić information content (AvgIpc) is 3.32. The molecule has 1 N–H and O–H groups in total. The van der Waals surface area contributed by atoms with Crippen molar-refractivity contribution in [3.63, 3.8) is 0 Å². The zero-order chi connectivity index (χ0) is 18.0. The van der Waals surface area contributed by atoms with Gasteiger partial charge < -0.3 is 4.42 Å². The Kier molecular flexibility index (Phi) is 4.17. The molecule has 1 heterocycles. The van der Waals surface area contributed by atoms with E-state index in [1.54, 1.807) is 0 Å². The van der Waals surface area contributed by atoms with Gasteiger partial charge in [-0.15, -0.1) is 0 Å². The van der Waals surface area contributed by atoms with Gasteiger partial charge in [0.1, 0.15) is 11.5 Å². The van der Waals surface area contributed by atoms with Gasteiger partial charge in [-0.25, -0.2) is 5.43 Å². The number of nitrogens with one attached hydrogen (secondary N) is 1. The molecule has 4 heteroatoms. The van der Waals surface area contributed by atoms with Gasteiger partial charge in [-0.1, -0.05) is 60.7 Å². The van der Waals surface area contributed by atoms with Gasteiger partial charge in [-0.2, -0.15) is 5.10 Å². The minimum Gasteiger partial charge on any atom is -0.460 e. The molecular weight excluding hydrogens is 324 g/mol. The molecule has 0 aliphatic heterocycles. The second-order valence-electron chi connectivity index (χ2n) is 6.64. The molecule has 3 aromatic rings. The van der Waals surface area contributed by atoms with Crippen molar-refractivity contribution in [1.82, 2.24) is 5.43 Å². The third-order valence-corrected chi connectivity index (χ3v) is 4.98. The summed E-state index contributed by atoms with van der Waals surface area (Å²) >= 11 is 0. The van der Waals surface area contributed by atoms with Gasteiger partial charge in [0.05, 0.1) is 12.1 Å². The molecule has 130 valence electrons. The molecule has 0 radical (unpaired) electrons. The molecule has 4 nitrogen and oxygen atoms in total. The molecule has 1 atom stereocenters. The van der Waals surface area contributed by atoms with Crippen molar-refractivity contribution < 1.29 is 9.21 Å². The molecule has 26 heavy (non-hydrogen) atoms. The summed E-state index contributed by atoms with van der Waals surface area (Å²) in [5.74, 6) is 1.23. The lowest BCUT2D eigenvalue weighted by Crippen LogP contribution is -2.25. The standard InChI is InChI=1S/C22H20N2O2/c1-16-12-13-19(26-16)15-23-24-21(25)20-14-22(20,17-8-4-2-5-9-17)18-10-6-3-7-11-18/h2-13,15,20H,14H2,1H3,(H,24,25)/b23-15-/t20-/m1/s1. The minimum absolute atomic E-state index is 0.0720. The van der Waals surface area contributed by atoms with E-state index in [-0.39, 0.29) is 17.2 Å². The van der Waals surface area contributed by atoms with Gasteiger partial charge in [0.25, 0.3) is 0 Å². The summed E-state index contributed by atoms with van der Waals surface area (Å²) in [5.41, 5.74) is 4.72. The number of furan rings is 1. The van der Waals surface area contributed by atoms with E-state index in [1.807, 2.05) is 55.5 Å². The highest BCUT2D eigenvalue weighted by Gasteiger charge is 2.60. The highest BCUT2D eigenvalue weighted by molar-refractivity contribution is 5.87. The Morgan fingerprint density at radius 2 is 1.65 bits per heavy atom. The highest BCUT2D eigenvalue weighted by atomic mass is 16.3. The van der Waals surface area contributed by atoms with Crippen LogP contribution in [-0.4, -0.2) is 12.1 Å². The van der Waals surface area contributed by atoms with E-state index in [0.29, 0.717) is 5.76 Å². The molecule has 1 aliphatic rings. The zero-order valence-electron chi connectivity index (χ0n) is 14.6. The Morgan fingerprint density at radius 3 is 2.19 bits per heavy atom. The molecular formula is C22H20N2O2. The van der Waals surface area contributed by atoms with Crippen LogP contribution in [-0.2, 0) is 10.2 Å². The molecule has 1 aromatic heterocycles. The van der Waals surface area contributed by atoms with Gasteiger partial charge in [-0.05, 0) is 36.6 Å². The van der Waals surface area contributed by atoms with Gasteiger partial charge in [0.15, 0.2) is 0 Å². The van der Waals surface area contributed by atoms with Gasteiger partial charge >= 0.3 is 0 Å². The van der Waals surface area contributed by atoms with Crippen molar-refractivity contribution in [1.29, 1.82) is 0 Å². The summed E-state index contributed by atoms with van der Waals surface area (Å²) < 4.78 is 5.42. The summed E-state index contributed by atoms with van der Waals surface area (Å²) in [4.78, 5) is 12.7. The van der Waals surface area contributed by atoms with E-state index < -0.39 is 0 Å². The van der Waals surface area contributed by atoms with Gasteiger partial charge in [0.2, 0.25) is 5.91 Å². The lowest BCUT2D eigenvalue weighted by molar-refractivity contribution is -0.122. The number of carbonyl (C=O) groups excluding carboxylic acids is 1. The fourth-order valence-electron chi connectivity index (χ4n) is 3.62. The predicted octanol–water partition coefficient (Wildman–Crippen LogP) is 4.04. The number of rotatable bonds is 5. The molecule has 2 aromatic carbocycles. The van der Waals surface area contributed by atoms with Crippen LogP contribution >= 0.6 is 0 Å². The monoisotopic (exact) mass is 344 g/mol. The first-order valence-corrected chi connectivity index (χ1v) is 8.70. The van der Waals surface area contributed by atoms with Crippen molar-refractivity contribution in [3.05, 3.63) is 95.4 Å². The number of amides is 1. The van der Waals surface area contributed by atoms with E-state index >= 15 is 0 Å². The maximum absolute atomic E-state index is 12.7.